The SMILES string of the molecule is O=C1N(c2cncnc2)CC[C@@]12CCCN(CC1CCOCC1)C2. The van der Waals surface area contributed by atoms with Crippen LogP contribution in [0.25, 0.3) is 0 Å². The zero-order valence-electron chi connectivity index (χ0n) is 14.2. The van der Waals surface area contributed by atoms with Crippen LogP contribution in [0.1, 0.15) is 32.1 Å². The Hall–Kier alpha value is -1.53. The van der Waals surface area contributed by atoms with Gasteiger partial charge in [-0.25, -0.2) is 9.97 Å². The van der Waals surface area contributed by atoms with Crippen molar-refractivity contribution in [2.75, 3.05) is 44.3 Å². The van der Waals surface area contributed by atoms with Gasteiger partial charge in [0.05, 0.1) is 23.5 Å². The smallest absolute Gasteiger partial charge is 0.234 e. The van der Waals surface area contributed by atoms with E-state index in [9.17, 15) is 4.79 Å². The molecule has 3 aliphatic heterocycles. The number of aromatic nitrogens is 2. The highest BCUT2D eigenvalue weighted by atomic mass is 16.5. The third kappa shape index (κ3) is 3.05. The van der Waals surface area contributed by atoms with E-state index in [4.69, 9.17) is 4.74 Å². The standard InChI is InChI=1S/C18H26N4O2/c23-17-18(5-7-22(17)16-10-19-14-20-11-16)4-1-6-21(13-18)12-15-2-8-24-9-3-15/h10-11,14-15H,1-9,12-13H2/t18-/m1/s1. The Morgan fingerprint density at radius 3 is 2.75 bits per heavy atom. The lowest BCUT2D eigenvalue weighted by atomic mass is 9.78. The summed E-state index contributed by atoms with van der Waals surface area (Å²) in [5, 5.41) is 0. The summed E-state index contributed by atoms with van der Waals surface area (Å²) < 4.78 is 5.47. The number of rotatable bonds is 3. The number of ether oxygens (including phenoxy) is 1. The molecule has 0 bridgehead atoms. The van der Waals surface area contributed by atoms with Gasteiger partial charge in [-0.2, -0.15) is 0 Å². The van der Waals surface area contributed by atoms with E-state index in [1.807, 2.05) is 4.90 Å². The topological polar surface area (TPSA) is 58.6 Å². The number of hydrogen-bond donors (Lipinski definition) is 0. The number of likely N-dealkylation sites (tertiary alicyclic amines) is 1. The van der Waals surface area contributed by atoms with Crippen LogP contribution in [0.5, 0.6) is 0 Å². The molecule has 6 nitrogen and oxygen atoms in total. The Bertz CT molecular complexity index is 576. The number of nitrogens with zero attached hydrogens (tertiary/aromatic N) is 4. The summed E-state index contributed by atoms with van der Waals surface area (Å²) in [6.45, 7) is 5.73. The van der Waals surface area contributed by atoms with E-state index >= 15 is 0 Å². The third-order valence-electron chi connectivity index (χ3n) is 5.88. The maximum Gasteiger partial charge on any atom is 0.234 e. The van der Waals surface area contributed by atoms with Crippen molar-refractivity contribution in [3.63, 3.8) is 0 Å². The van der Waals surface area contributed by atoms with Gasteiger partial charge in [-0.3, -0.25) is 4.79 Å². The lowest BCUT2D eigenvalue weighted by Gasteiger charge is -2.40. The average Bonchev–Trinajstić information content (AvgIpc) is 2.93. The van der Waals surface area contributed by atoms with E-state index in [-0.39, 0.29) is 11.3 Å². The molecule has 4 heterocycles. The molecule has 130 valence electrons. The fourth-order valence-corrected chi connectivity index (χ4v) is 4.55. The van der Waals surface area contributed by atoms with Crippen molar-refractivity contribution in [2.24, 2.45) is 11.3 Å². The Labute approximate surface area is 143 Å². The normalized spacial score (nSPS) is 29.5. The summed E-state index contributed by atoms with van der Waals surface area (Å²) in [4.78, 5) is 25.7. The highest BCUT2D eigenvalue weighted by molar-refractivity contribution is 5.99. The van der Waals surface area contributed by atoms with Crippen LogP contribution in [0.15, 0.2) is 18.7 Å². The van der Waals surface area contributed by atoms with Crippen LogP contribution in [0.3, 0.4) is 0 Å². The number of carbonyl (C=O) groups is 1. The number of hydrogen-bond acceptors (Lipinski definition) is 5. The molecule has 1 aromatic heterocycles. The second-order valence-corrected chi connectivity index (χ2v) is 7.48. The Morgan fingerprint density at radius 2 is 1.96 bits per heavy atom. The summed E-state index contributed by atoms with van der Waals surface area (Å²) in [7, 11) is 0. The first-order chi connectivity index (χ1) is 11.8. The monoisotopic (exact) mass is 330 g/mol. The van der Waals surface area contributed by atoms with Crippen molar-refractivity contribution in [2.45, 2.75) is 32.1 Å². The predicted molar refractivity (Wildman–Crippen MR) is 90.7 cm³/mol. The summed E-state index contributed by atoms with van der Waals surface area (Å²) in [5.41, 5.74) is 0.639. The van der Waals surface area contributed by atoms with E-state index in [2.05, 4.69) is 14.9 Å². The number of carbonyl (C=O) groups excluding carboxylic acids is 1. The quantitative estimate of drug-likeness (QED) is 0.845. The maximum absolute atomic E-state index is 13.1. The molecule has 1 spiro atoms. The van der Waals surface area contributed by atoms with Crippen molar-refractivity contribution in [1.82, 2.24) is 14.9 Å². The molecular formula is C18H26N4O2. The van der Waals surface area contributed by atoms with Crippen LogP contribution in [0.4, 0.5) is 5.69 Å². The van der Waals surface area contributed by atoms with Gasteiger partial charge >= 0.3 is 0 Å². The number of anilines is 1. The highest BCUT2D eigenvalue weighted by Crippen LogP contribution is 2.41. The minimum absolute atomic E-state index is 0.195. The predicted octanol–water partition coefficient (Wildman–Crippen LogP) is 1.72. The van der Waals surface area contributed by atoms with Crippen LogP contribution < -0.4 is 4.90 Å². The fraction of sp³-hybridized carbons (Fsp3) is 0.722. The van der Waals surface area contributed by atoms with Crippen LogP contribution in [-0.4, -0.2) is 60.2 Å². The van der Waals surface area contributed by atoms with Gasteiger partial charge in [-0.15, -0.1) is 0 Å². The molecule has 1 amide bonds. The molecule has 1 atom stereocenters. The molecule has 4 rings (SSSR count). The first-order valence-corrected chi connectivity index (χ1v) is 9.14. The Kier molecular flexibility index (Phi) is 4.50. The van der Waals surface area contributed by atoms with Crippen molar-refractivity contribution in [1.29, 1.82) is 0 Å². The molecule has 0 saturated carbocycles. The molecule has 1 aromatic rings. The molecule has 0 aliphatic carbocycles. The van der Waals surface area contributed by atoms with Crippen LogP contribution >= 0.6 is 0 Å². The number of amides is 1. The van der Waals surface area contributed by atoms with Gasteiger partial charge in [-0.1, -0.05) is 0 Å². The second-order valence-electron chi connectivity index (χ2n) is 7.48. The van der Waals surface area contributed by atoms with Gasteiger partial charge in [0, 0.05) is 32.8 Å². The highest BCUT2D eigenvalue weighted by Gasteiger charge is 2.49. The molecule has 3 aliphatic rings. The third-order valence-corrected chi connectivity index (χ3v) is 5.88. The molecule has 3 saturated heterocycles. The van der Waals surface area contributed by atoms with Crippen LogP contribution in [0.2, 0.25) is 0 Å². The molecule has 24 heavy (non-hydrogen) atoms. The van der Waals surface area contributed by atoms with Crippen molar-refractivity contribution in [3.8, 4) is 0 Å². The minimum Gasteiger partial charge on any atom is -0.381 e. The van der Waals surface area contributed by atoms with Crippen molar-refractivity contribution >= 4 is 11.6 Å². The zero-order valence-corrected chi connectivity index (χ0v) is 14.2. The van der Waals surface area contributed by atoms with Gasteiger partial charge < -0.3 is 14.5 Å². The lowest BCUT2D eigenvalue weighted by Crippen LogP contribution is -2.49. The van der Waals surface area contributed by atoms with E-state index < -0.39 is 0 Å². The maximum atomic E-state index is 13.1. The van der Waals surface area contributed by atoms with Crippen molar-refractivity contribution < 1.29 is 9.53 Å². The molecule has 0 N–H and O–H groups in total. The summed E-state index contributed by atoms with van der Waals surface area (Å²) in [6.07, 6.45) is 10.4. The summed E-state index contributed by atoms with van der Waals surface area (Å²) >= 11 is 0. The van der Waals surface area contributed by atoms with Gasteiger partial charge in [-0.05, 0) is 44.6 Å². The first-order valence-electron chi connectivity index (χ1n) is 9.14. The molecule has 0 radical (unpaired) electrons. The first kappa shape index (κ1) is 16.0. The zero-order chi connectivity index (χ0) is 16.4. The minimum atomic E-state index is -0.195. The van der Waals surface area contributed by atoms with Gasteiger partial charge in [0.2, 0.25) is 5.91 Å². The van der Waals surface area contributed by atoms with Crippen molar-refractivity contribution in [3.05, 3.63) is 18.7 Å². The van der Waals surface area contributed by atoms with E-state index in [1.54, 1.807) is 12.4 Å². The lowest BCUT2D eigenvalue weighted by molar-refractivity contribution is -0.128. The molecule has 3 fully saturated rings. The molecule has 0 aromatic carbocycles. The second kappa shape index (κ2) is 6.76. The van der Waals surface area contributed by atoms with Crippen LogP contribution in [0, 0.1) is 11.3 Å². The summed E-state index contributed by atoms with van der Waals surface area (Å²) in [6, 6.07) is 0. The van der Waals surface area contributed by atoms with E-state index in [0.717, 1.165) is 83.1 Å². The molecular weight excluding hydrogens is 304 g/mol. The summed E-state index contributed by atoms with van der Waals surface area (Å²) in [5.74, 6) is 0.998. The van der Waals surface area contributed by atoms with Gasteiger partial charge in [0.25, 0.3) is 0 Å². The van der Waals surface area contributed by atoms with E-state index in [0.29, 0.717) is 0 Å². The molecule has 6 heteroatoms. The molecule has 0 unspecified atom stereocenters. The number of piperidine rings is 1. The van der Waals surface area contributed by atoms with Crippen LogP contribution in [-0.2, 0) is 9.53 Å². The van der Waals surface area contributed by atoms with E-state index in [1.165, 1.54) is 6.33 Å². The van der Waals surface area contributed by atoms with Gasteiger partial charge in [0.1, 0.15) is 6.33 Å². The fourth-order valence-electron chi connectivity index (χ4n) is 4.55. The Balaban J connectivity index is 1.44. The Morgan fingerprint density at radius 1 is 1.17 bits per heavy atom. The largest absolute Gasteiger partial charge is 0.381 e. The average molecular weight is 330 g/mol. The van der Waals surface area contributed by atoms with Gasteiger partial charge in [0.15, 0.2) is 0 Å².